The maximum Gasteiger partial charge on any atom is 0.330 e. The number of nitrogens with zero attached hydrogens (tertiary/aromatic N) is 1. The molecule has 0 radical (unpaired) electrons. The largest absolute Gasteiger partial charge is 0.466 e. The number of carbonyl (C=O) groups is 1. The Balaban J connectivity index is 2.90. The molecule has 3 nitrogen and oxygen atoms in total. The number of carbonyl (C=O) groups excluding carboxylic acids is 1. The molecular formula is C14H15NO2. The van der Waals surface area contributed by atoms with Gasteiger partial charge < -0.3 is 4.74 Å². The molecule has 0 saturated heterocycles. The van der Waals surface area contributed by atoms with Crippen molar-refractivity contribution in [2.75, 3.05) is 7.11 Å². The van der Waals surface area contributed by atoms with Crippen LogP contribution in [0.15, 0.2) is 24.3 Å². The van der Waals surface area contributed by atoms with E-state index in [9.17, 15) is 4.79 Å². The summed E-state index contributed by atoms with van der Waals surface area (Å²) in [4.78, 5) is 10.9. The Morgan fingerprint density at radius 1 is 1.41 bits per heavy atom. The van der Waals surface area contributed by atoms with Crippen LogP contribution in [0.4, 0.5) is 0 Å². The second kappa shape index (κ2) is 5.86. The Kier molecular flexibility index (Phi) is 4.47. The molecule has 0 N–H and O–H groups in total. The van der Waals surface area contributed by atoms with Crippen LogP contribution in [0.3, 0.4) is 0 Å². The van der Waals surface area contributed by atoms with Crippen LogP contribution in [0.25, 0.3) is 0 Å². The standard InChI is InChI=1S/C14H15NO2/c1-10-7-12(9-15)8-11(2)13(10)5-4-6-14(16)17-3/h4,6-8H,5H2,1-3H3/b6-4+. The van der Waals surface area contributed by atoms with Gasteiger partial charge in [-0.3, -0.25) is 0 Å². The van der Waals surface area contributed by atoms with Crippen LogP contribution in [-0.4, -0.2) is 13.1 Å². The number of esters is 1. The van der Waals surface area contributed by atoms with Crippen LogP contribution in [0.2, 0.25) is 0 Å². The van der Waals surface area contributed by atoms with Crippen molar-refractivity contribution in [2.45, 2.75) is 20.3 Å². The molecule has 0 atom stereocenters. The summed E-state index contributed by atoms with van der Waals surface area (Å²) in [6, 6.07) is 5.84. The smallest absolute Gasteiger partial charge is 0.330 e. The Bertz CT molecular complexity index is 472. The highest BCUT2D eigenvalue weighted by Gasteiger charge is 2.03. The van der Waals surface area contributed by atoms with Gasteiger partial charge in [0.05, 0.1) is 18.7 Å². The minimum Gasteiger partial charge on any atom is -0.466 e. The molecule has 0 saturated carbocycles. The van der Waals surface area contributed by atoms with E-state index in [0.29, 0.717) is 12.0 Å². The first-order chi connectivity index (χ1) is 8.08. The number of allylic oxidation sites excluding steroid dienone is 1. The summed E-state index contributed by atoms with van der Waals surface area (Å²) in [5.74, 6) is -0.353. The summed E-state index contributed by atoms with van der Waals surface area (Å²) in [5, 5.41) is 8.83. The second-order valence-electron chi connectivity index (χ2n) is 3.83. The molecule has 0 spiro atoms. The van der Waals surface area contributed by atoms with Gasteiger partial charge in [-0.15, -0.1) is 0 Å². The molecule has 0 heterocycles. The lowest BCUT2D eigenvalue weighted by atomic mass is 9.97. The Morgan fingerprint density at radius 2 is 2.00 bits per heavy atom. The lowest BCUT2D eigenvalue weighted by molar-refractivity contribution is -0.134. The van der Waals surface area contributed by atoms with Crippen LogP contribution in [-0.2, 0) is 16.0 Å². The molecular weight excluding hydrogens is 214 g/mol. The van der Waals surface area contributed by atoms with E-state index >= 15 is 0 Å². The van der Waals surface area contributed by atoms with Gasteiger partial charge in [-0.25, -0.2) is 4.79 Å². The Hall–Kier alpha value is -2.08. The fourth-order valence-electron chi connectivity index (χ4n) is 1.72. The molecule has 0 aliphatic heterocycles. The SMILES string of the molecule is COC(=O)/C=C/Cc1c(C)cc(C#N)cc1C. The quantitative estimate of drug-likeness (QED) is 0.591. The summed E-state index contributed by atoms with van der Waals surface area (Å²) in [7, 11) is 1.35. The first kappa shape index (κ1) is 13.0. The van der Waals surface area contributed by atoms with Gasteiger partial charge in [0.25, 0.3) is 0 Å². The van der Waals surface area contributed by atoms with E-state index in [4.69, 9.17) is 5.26 Å². The normalized spacial score (nSPS) is 10.2. The predicted octanol–water partition coefficient (Wildman–Crippen LogP) is 2.45. The van der Waals surface area contributed by atoms with Gasteiger partial charge in [0, 0.05) is 6.08 Å². The number of hydrogen-bond donors (Lipinski definition) is 0. The van der Waals surface area contributed by atoms with E-state index < -0.39 is 0 Å². The third-order valence-corrected chi connectivity index (χ3v) is 2.60. The van der Waals surface area contributed by atoms with Crippen LogP contribution >= 0.6 is 0 Å². The van der Waals surface area contributed by atoms with Gasteiger partial charge in [0.15, 0.2) is 0 Å². The predicted molar refractivity (Wildman–Crippen MR) is 65.5 cm³/mol. The molecule has 0 aliphatic carbocycles. The Labute approximate surface area is 101 Å². The van der Waals surface area contributed by atoms with Crippen molar-refractivity contribution in [1.29, 1.82) is 5.26 Å². The zero-order valence-corrected chi connectivity index (χ0v) is 10.3. The fourth-order valence-corrected chi connectivity index (χ4v) is 1.72. The lowest BCUT2D eigenvalue weighted by Gasteiger charge is -2.07. The first-order valence-corrected chi connectivity index (χ1v) is 5.33. The van der Waals surface area contributed by atoms with E-state index in [2.05, 4.69) is 10.8 Å². The van der Waals surface area contributed by atoms with Gasteiger partial charge in [-0.2, -0.15) is 5.26 Å². The number of nitriles is 1. The third-order valence-electron chi connectivity index (χ3n) is 2.60. The zero-order valence-electron chi connectivity index (χ0n) is 10.3. The molecule has 0 bridgehead atoms. The monoisotopic (exact) mass is 229 g/mol. The maximum atomic E-state index is 10.9. The molecule has 1 aromatic rings. The summed E-state index contributed by atoms with van der Waals surface area (Å²) in [5.41, 5.74) is 3.94. The van der Waals surface area contributed by atoms with Crippen LogP contribution in [0.1, 0.15) is 22.3 Å². The van der Waals surface area contributed by atoms with Gasteiger partial charge in [0.2, 0.25) is 0 Å². The minimum atomic E-state index is -0.353. The van der Waals surface area contributed by atoms with Crippen LogP contribution in [0, 0.1) is 25.2 Å². The van der Waals surface area contributed by atoms with Gasteiger partial charge in [-0.1, -0.05) is 6.08 Å². The van der Waals surface area contributed by atoms with E-state index in [1.165, 1.54) is 13.2 Å². The summed E-state index contributed by atoms with van der Waals surface area (Å²) >= 11 is 0. The summed E-state index contributed by atoms with van der Waals surface area (Å²) in [6.45, 7) is 3.93. The first-order valence-electron chi connectivity index (χ1n) is 5.33. The minimum absolute atomic E-state index is 0.353. The van der Waals surface area contributed by atoms with E-state index in [0.717, 1.165) is 16.7 Å². The molecule has 0 aliphatic rings. The van der Waals surface area contributed by atoms with E-state index in [1.54, 1.807) is 6.08 Å². The number of ether oxygens (including phenoxy) is 1. The number of methoxy groups -OCH3 is 1. The number of rotatable bonds is 3. The lowest BCUT2D eigenvalue weighted by Crippen LogP contribution is -1.96. The van der Waals surface area contributed by atoms with Crippen molar-refractivity contribution in [2.24, 2.45) is 0 Å². The van der Waals surface area contributed by atoms with Crippen LogP contribution < -0.4 is 0 Å². The van der Waals surface area contributed by atoms with Crippen molar-refractivity contribution in [3.63, 3.8) is 0 Å². The van der Waals surface area contributed by atoms with Gasteiger partial charge >= 0.3 is 5.97 Å². The second-order valence-corrected chi connectivity index (χ2v) is 3.83. The van der Waals surface area contributed by atoms with Crippen molar-refractivity contribution < 1.29 is 9.53 Å². The highest BCUT2D eigenvalue weighted by Crippen LogP contribution is 2.17. The van der Waals surface area contributed by atoms with Gasteiger partial charge in [0.1, 0.15) is 0 Å². The average molecular weight is 229 g/mol. The van der Waals surface area contributed by atoms with Crippen molar-refractivity contribution >= 4 is 5.97 Å². The summed E-state index contributed by atoms with van der Waals surface area (Å²) in [6.07, 6.45) is 3.85. The Morgan fingerprint density at radius 3 is 2.47 bits per heavy atom. The molecule has 3 heteroatoms. The fraction of sp³-hybridized carbons (Fsp3) is 0.286. The summed E-state index contributed by atoms with van der Waals surface area (Å²) < 4.78 is 4.52. The molecule has 0 aromatic heterocycles. The molecule has 0 unspecified atom stereocenters. The van der Waals surface area contributed by atoms with E-state index in [-0.39, 0.29) is 5.97 Å². The van der Waals surface area contributed by atoms with Crippen molar-refractivity contribution in [1.82, 2.24) is 0 Å². The zero-order chi connectivity index (χ0) is 12.8. The molecule has 1 aromatic carbocycles. The highest BCUT2D eigenvalue weighted by molar-refractivity contribution is 5.81. The number of aryl methyl sites for hydroxylation is 2. The number of benzene rings is 1. The maximum absolute atomic E-state index is 10.9. The molecule has 88 valence electrons. The molecule has 0 amide bonds. The van der Waals surface area contributed by atoms with Crippen LogP contribution in [0.5, 0.6) is 0 Å². The van der Waals surface area contributed by atoms with Gasteiger partial charge in [-0.05, 0) is 49.1 Å². The third kappa shape index (κ3) is 3.46. The highest BCUT2D eigenvalue weighted by atomic mass is 16.5. The van der Waals surface area contributed by atoms with Crippen molar-refractivity contribution in [3.8, 4) is 6.07 Å². The topological polar surface area (TPSA) is 50.1 Å². The number of hydrogen-bond acceptors (Lipinski definition) is 3. The average Bonchev–Trinajstić information content (AvgIpc) is 2.31. The van der Waals surface area contributed by atoms with E-state index in [1.807, 2.05) is 26.0 Å². The molecule has 0 fully saturated rings. The molecule has 1 rings (SSSR count). The molecule has 17 heavy (non-hydrogen) atoms. The van der Waals surface area contributed by atoms with Crippen molar-refractivity contribution in [3.05, 3.63) is 46.5 Å².